The summed E-state index contributed by atoms with van der Waals surface area (Å²) in [7, 11) is 1.56. The molecule has 0 aromatic carbocycles. The highest BCUT2D eigenvalue weighted by Crippen LogP contribution is 2.34. The lowest BCUT2D eigenvalue weighted by atomic mass is 10.7. The number of methoxy groups -OCH3 is 1. The van der Waals surface area contributed by atoms with Crippen LogP contribution in [0.1, 0.15) is 12.8 Å². The summed E-state index contributed by atoms with van der Waals surface area (Å²) in [6.45, 7) is 0. The van der Waals surface area contributed by atoms with Crippen molar-refractivity contribution in [2.75, 3.05) is 7.11 Å². The molecule has 0 aromatic rings. The minimum absolute atomic E-state index is 0.500. The second kappa shape index (κ2) is 0.950. The molecule has 2 nitrogen and oxygen atoms in total. The van der Waals surface area contributed by atoms with E-state index < -0.39 is 5.79 Å². The van der Waals surface area contributed by atoms with E-state index in [0.29, 0.717) is 0 Å². The zero-order chi connectivity index (χ0) is 5.33. The molecule has 0 amide bonds. The molecule has 0 bridgehead atoms. The number of hydrogen-bond acceptors (Lipinski definition) is 2. The summed E-state index contributed by atoms with van der Waals surface area (Å²) in [5, 5.41) is 4.23. The second-order valence-electron chi connectivity index (χ2n) is 1.61. The van der Waals surface area contributed by atoms with Crippen LogP contribution >= 0.6 is 0 Å². The molecule has 0 unspecified atom stereocenters. The maximum absolute atomic E-state index is 6.44. The molecular formula is C4H8O2. The third-order valence-electron chi connectivity index (χ3n) is 1.03. The summed E-state index contributed by atoms with van der Waals surface area (Å²) in [5.41, 5.74) is 0. The van der Waals surface area contributed by atoms with Crippen LogP contribution in [0.2, 0.25) is 0 Å². The molecule has 0 atom stereocenters. The first kappa shape index (κ1) is 2.99. The fraction of sp³-hybridized carbons (Fsp3) is 1.00. The predicted octanol–water partition coefficient (Wildman–Crippen LogP) is 0.115. The second-order valence-corrected chi connectivity index (χ2v) is 1.61. The van der Waals surface area contributed by atoms with Crippen molar-refractivity contribution in [3.8, 4) is 0 Å². The summed E-state index contributed by atoms with van der Waals surface area (Å²) in [6, 6.07) is 0. The van der Waals surface area contributed by atoms with Crippen molar-refractivity contribution in [2.45, 2.75) is 18.6 Å². The van der Waals surface area contributed by atoms with Crippen molar-refractivity contribution in [1.82, 2.24) is 0 Å². The van der Waals surface area contributed by atoms with Gasteiger partial charge in [0.25, 0.3) is 0 Å². The van der Waals surface area contributed by atoms with Gasteiger partial charge in [-0.3, -0.25) is 0 Å². The topological polar surface area (TPSA) is 29.5 Å². The Morgan fingerprint density at radius 3 is 2.67 bits per heavy atom. The Labute approximate surface area is 38.2 Å². The van der Waals surface area contributed by atoms with Crippen molar-refractivity contribution >= 4 is 0 Å². The first-order valence-electron chi connectivity index (χ1n) is 2.43. The average molecular weight is 90.1 g/mol. The molecule has 0 aromatic heterocycles. The van der Waals surface area contributed by atoms with Crippen LogP contribution in [0.15, 0.2) is 0 Å². The van der Waals surface area contributed by atoms with Gasteiger partial charge in [0.1, 0.15) is 0 Å². The first-order valence-corrected chi connectivity index (χ1v) is 2.02. The van der Waals surface area contributed by atoms with Crippen LogP contribution in [-0.2, 0) is 4.74 Å². The highest BCUT2D eigenvalue weighted by atomic mass is 16.6. The summed E-state index contributed by atoms with van der Waals surface area (Å²) in [4.78, 5) is 0. The average Bonchev–Trinajstić information content (AvgIpc) is 2.46. The maximum Gasteiger partial charge on any atom is 0.214 e. The fourth-order valence-electron chi connectivity index (χ4n) is 0.306. The molecule has 0 aliphatic heterocycles. The van der Waals surface area contributed by atoms with Crippen LogP contribution in [0.25, 0.3) is 0 Å². The van der Waals surface area contributed by atoms with Crippen LogP contribution < -0.4 is 0 Å². The SMILES string of the molecule is [3H]OC1(OC)CC1. The van der Waals surface area contributed by atoms with Gasteiger partial charge in [0.2, 0.25) is 1.43 Å². The highest BCUT2D eigenvalue weighted by molar-refractivity contribution is 4.82. The third kappa shape index (κ3) is 0.533. The number of aliphatic hydroxyl groups is 1. The molecule has 1 aliphatic carbocycles. The highest BCUT2D eigenvalue weighted by Gasteiger charge is 2.40. The minimum atomic E-state index is -0.500. The summed E-state index contributed by atoms with van der Waals surface area (Å²) >= 11 is 0. The van der Waals surface area contributed by atoms with E-state index in [1.54, 1.807) is 7.11 Å². The molecule has 0 heterocycles. The molecule has 0 saturated heterocycles. The van der Waals surface area contributed by atoms with E-state index in [0.717, 1.165) is 12.8 Å². The van der Waals surface area contributed by atoms with Crippen molar-refractivity contribution in [3.05, 3.63) is 0 Å². The molecule has 0 spiro atoms. The van der Waals surface area contributed by atoms with Gasteiger partial charge in [-0.25, -0.2) is 0 Å². The van der Waals surface area contributed by atoms with Crippen molar-refractivity contribution in [2.24, 2.45) is 0 Å². The largest absolute Gasteiger partial charge is 0.365 e. The zero-order valence-corrected chi connectivity index (χ0v) is 3.73. The summed E-state index contributed by atoms with van der Waals surface area (Å²) < 4.78 is 11.2. The van der Waals surface area contributed by atoms with Crippen LogP contribution in [0.4, 0.5) is 0 Å². The van der Waals surface area contributed by atoms with Gasteiger partial charge in [0.05, 0.1) is 0 Å². The van der Waals surface area contributed by atoms with Crippen molar-refractivity contribution < 1.29 is 9.85 Å². The van der Waals surface area contributed by atoms with E-state index in [-0.39, 0.29) is 0 Å². The lowest BCUT2D eigenvalue weighted by molar-refractivity contribution is -0.100. The fourth-order valence-corrected chi connectivity index (χ4v) is 0.306. The lowest BCUT2D eigenvalue weighted by Crippen LogP contribution is -2.07. The monoisotopic (exact) mass is 90.1 g/mol. The maximum atomic E-state index is 6.44. The van der Waals surface area contributed by atoms with Crippen molar-refractivity contribution in [1.29, 1.82) is 1.43 Å². The van der Waals surface area contributed by atoms with Gasteiger partial charge in [0.15, 0.2) is 5.79 Å². The quantitative estimate of drug-likeness (QED) is 0.488. The molecule has 1 N–H and O–H groups in total. The van der Waals surface area contributed by atoms with Gasteiger partial charge in [0, 0.05) is 20.0 Å². The number of hydrogen-bond donors (Lipinski definition) is 1. The van der Waals surface area contributed by atoms with Gasteiger partial charge in [-0.2, -0.15) is 0 Å². The molecule has 1 aliphatic rings. The van der Waals surface area contributed by atoms with Gasteiger partial charge >= 0.3 is 0 Å². The smallest absolute Gasteiger partial charge is 0.214 e. The number of rotatable bonds is 2. The Hall–Kier alpha value is -0.0800. The normalized spacial score (nSPS) is 29.2. The van der Waals surface area contributed by atoms with E-state index in [1.165, 1.54) is 0 Å². The molecule has 6 heavy (non-hydrogen) atoms. The van der Waals surface area contributed by atoms with Gasteiger partial charge in [-0.05, 0) is 0 Å². The molecule has 1 fully saturated rings. The van der Waals surface area contributed by atoms with Crippen LogP contribution in [-0.4, -0.2) is 19.4 Å². The molecular weight excluding hydrogens is 80.0 g/mol. The zero-order valence-electron chi connectivity index (χ0n) is 4.73. The predicted molar refractivity (Wildman–Crippen MR) is 21.2 cm³/mol. The van der Waals surface area contributed by atoms with E-state index in [9.17, 15) is 0 Å². The Balaban J connectivity index is 2.28. The van der Waals surface area contributed by atoms with Crippen LogP contribution in [0.3, 0.4) is 0 Å². The Morgan fingerprint density at radius 2 is 2.67 bits per heavy atom. The Kier molecular flexibility index (Phi) is 0.474. The summed E-state index contributed by atoms with van der Waals surface area (Å²) in [5.74, 6) is -0.500. The number of ether oxygens (including phenoxy) is 1. The standard InChI is InChI=1S/C4H8O2/c1-6-4(5)2-3-4/h5H,2-3H2,1H3/i5T. The molecule has 36 valence electrons. The Morgan fingerprint density at radius 1 is 2.00 bits per heavy atom. The van der Waals surface area contributed by atoms with E-state index in [4.69, 9.17) is 6.17 Å². The van der Waals surface area contributed by atoms with Crippen molar-refractivity contribution in [3.63, 3.8) is 0 Å². The van der Waals surface area contributed by atoms with E-state index in [1.807, 2.05) is 0 Å². The lowest BCUT2D eigenvalue weighted by Gasteiger charge is -1.99. The van der Waals surface area contributed by atoms with Gasteiger partial charge < -0.3 is 9.85 Å². The molecule has 1 rings (SSSR count). The van der Waals surface area contributed by atoms with E-state index >= 15 is 0 Å². The third-order valence-corrected chi connectivity index (χ3v) is 1.03. The summed E-state index contributed by atoms with van der Waals surface area (Å²) in [6.07, 6.45) is 1.74. The van der Waals surface area contributed by atoms with Gasteiger partial charge in [-0.15, -0.1) is 0 Å². The molecule has 1 saturated carbocycles. The van der Waals surface area contributed by atoms with Crippen LogP contribution in [0, 0.1) is 0 Å². The van der Waals surface area contributed by atoms with E-state index in [2.05, 4.69) is 5.11 Å². The molecule has 2 heteroatoms. The Bertz CT molecular complexity index is 64.1. The molecule has 0 radical (unpaired) electrons. The van der Waals surface area contributed by atoms with Gasteiger partial charge in [-0.1, -0.05) is 0 Å². The minimum Gasteiger partial charge on any atom is -0.365 e. The van der Waals surface area contributed by atoms with Crippen LogP contribution in [0.5, 0.6) is 0 Å². The first-order chi connectivity index (χ1) is 3.33.